The van der Waals surface area contributed by atoms with E-state index in [4.69, 9.17) is 9.57 Å². The summed E-state index contributed by atoms with van der Waals surface area (Å²) in [5.74, 6) is 0. The second-order valence-corrected chi connectivity index (χ2v) is 4.95. The van der Waals surface area contributed by atoms with Gasteiger partial charge in [-0.3, -0.25) is 0 Å². The summed E-state index contributed by atoms with van der Waals surface area (Å²) in [4.78, 5) is 5.21. The van der Waals surface area contributed by atoms with Gasteiger partial charge in [-0.1, -0.05) is 41.6 Å². The number of fused-ring (bicyclic) bond motifs is 1. The summed E-state index contributed by atoms with van der Waals surface area (Å²) in [6.45, 7) is 3.99. The SMILES string of the molecule is CC1=NOC(O[C@@H](C)c2ccc3ccccc3c2)C1. The van der Waals surface area contributed by atoms with Crippen molar-refractivity contribution in [2.45, 2.75) is 32.7 Å². The topological polar surface area (TPSA) is 30.8 Å². The molecule has 2 atom stereocenters. The average molecular weight is 255 g/mol. The molecule has 3 nitrogen and oxygen atoms in total. The molecule has 0 radical (unpaired) electrons. The Kier molecular flexibility index (Phi) is 3.22. The van der Waals surface area contributed by atoms with E-state index in [1.54, 1.807) is 0 Å². The lowest BCUT2D eigenvalue weighted by Gasteiger charge is -2.17. The Morgan fingerprint density at radius 3 is 2.74 bits per heavy atom. The Balaban J connectivity index is 1.76. The second kappa shape index (κ2) is 5.02. The van der Waals surface area contributed by atoms with Gasteiger partial charge in [0.25, 0.3) is 0 Å². The van der Waals surface area contributed by atoms with E-state index in [9.17, 15) is 0 Å². The fourth-order valence-corrected chi connectivity index (χ4v) is 2.30. The molecule has 0 aliphatic carbocycles. The van der Waals surface area contributed by atoms with Crippen LogP contribution in [0.25, 0.3) is 10.8 Å². The standard InChI is InChI=1S/C16H17NO2/c1-11-9-16(19-17-11)18-12(2)14-8-7-13-5-3-4-6-15(13)10-14/h3-8,10,12,16H,9H2,1-2H3/t12-,16?/m0/s1. The van der Waals surface area contributed by atoms with Gasteiger partial charge in [-0.25, -0.2) is 0 Å². The number of nitrogens with zero attached hydrogens (tertiary/aromatic N) is 1. The minimum absolute atomic E-state index is 0.00398. The largest absolute Gasteiger partial charge is 0.363 e. The molecule has 0 aromatic heterocycles. The highest BCUT2D eigenvalue weighted by atomic mass is 16.8. The van der Waals surface area contributed by atoms with Crippen LogP contribution in [0.1, 0.15) is 31.9 Å². The Morgan fingerprint density at radius 1 is 1.21 bits per heavy atom. The maximum atomic E-state index is 5.88. The summed E-state index contributed by atoms with van der Waals surface area (Å²) in [5.41, 5.74) is 2.14. The molecule has 0 fully saturated rings. The van der Waals surface area contributed by atoms with Gasteiger partial charge in [0.2, 0.25) is 6.29 Å². The summed E-state index contributed by atoms with van der Waals surface area (Å²) < 4.78 is 5.88. The number of ether oxygens (including phenoxy) is 1. The van der Waals surface area contributed by atoms with Crippen LogP contribution in [-0.4, -0.2) is 12.0 Å². The lowest BCUT2D eigenvalue weighted by Crippen LogP contribution is -2.14. The summed E-state index contributed by atoms with van der Waals surface area (Å²) in [6, 6.07) is 14.7. The Labute approximate surface area is 112 Å². The molecule has 0 amide bonds. The van der Waals surface area contributed by atoms with E-state index >= 15 is 0 Å². The van der Waals surface area contributed by atoms with Crippen LogP contribution in [0, 0.1) is 0 Å². The summed E-state index contributed by atoms with van der Waals surface area (Å²) >= 11 is 0. The molecule has 0 N–H and O–H groups in total. The van der Waals surface area contributed by atoms with Crippen LogP contribution in [0.15, 0.2) is 47.6 Å². The number of oxime groups is 1. The van der Waals surface area contributed by atoms with Crippen molar-refractivity contribution in [1.29, 1.82) is 0 Å². The highest BCUT2D eigenvalue weighted by Gasteiger charge is 2.21. The predicted octanol–water partition coefficient (Wildman–Crippen LogP) is 4.04. The molecule has 1 heterocycles. The van der Waals surface area contributed by atoms with Crippen molar-refractivity contribution < 1.29 is 9.57 Å². The number of hydrogen-bond donors (Lipinski definition) is 0. The van der Waals surface area contributed by atoms with E-state index < -0.39 is 0 Å². The van der Waals surface area contributed by atoms with E-state index in [2.05, 4.69) is 47.6 Å². The molecule has 98 valence electrons. The molecule has 2 aromatic carbocycles. The zero-order valence-electron chi connectivity index (χ0n) is 11.2. The first kappa shape index (κ1) is 12.2. The summed E-state index contributed by atoms with van der Waals surface area (Å²) in [7, 11) is 0. The molecule has 1 aliphatic rings. The summed E-state index contributed by atoms with van der Waals surface area (Å²) in [6.07, 6.45) is 0.495. The minimum Gasteiger partial charge on any atom is -0.363 e. The first-order chi connectivity index (χ1) is 9.22. The molecule has 1 aliphatic heterocycles. The molecular formula is C16H17NO2. The number of rotatable bonds is 3. The lowest BCUT2D eigenvalue weighted by molar-refractivity contribution is -0.152. The lowest BCUT2D eigenvalue weighted by atomic mass is 10.0. The number of hydrogen-bond acceptors (Lipinski definition) is 3. The zero-order valence-corrected chi connectivity index (χ0v) is 11.2. The second-order valence-electron chi connectivity index (χ2n) is 4.95. The van der Waals surface area contributed by atoms with Crippen molar-refractivity contribution in [3.8, 4) is 0 Å². The van der Waals surface area contributed by atoms with Gasteiger partial charge in [-0.2, -0.15) is 0 Å². The molecule has 0 saturated carbocycles. The van der Waals surface area contributed by atoms with Crippen molar-refractivity contribution in [2.75, 3.05) is 0 Å². The third kappa shape index (κ3) is 2.61. The summed E-state index contributed by atoms with van der Waals surface area (Å²) in [5, 5.41) is 6.38. The van der Waals surface area contributed by atoms with Crippen LogP contribution in [0.3, 0.4) is 0 Å². The van der Waals surface area contributed by atoms with Gasteiger partial charge < -0.3 is 9.57 Å². The van der Waals surface area contributed by atoms with Crippen molar-refractivity contribution in [1.82, 2.24) is 0 Å². The van der Waals surface area contributed by atoms with Gasteiger partial charge in [-0.15, -0.1) is 0 Å². The molecular weight excluding hydrogens is 238 g/mol. The van der Waals surface area contributed by atoms with Crippen molar-refractivity contribution in [3.63, 3.8) is 0 Å². The Morgan fingerprint density at radius 2 is 2.00 bits per heavy atom. The minimum atomic E-state index is -0.249. The smallest absolute Gasteiger partial charge is 0.232 e. The molecule has 0 spiro atoms. The van der Waals surface area contributed by atoms with E-state index in [-0.39, 0.29) is 12.4 Å². The normalized spacial score (nSPS) is 20.1. The fraction of sp³-hybridized carbons (Fsp3) is 0.312. The van der Waals surface area contributed by atoms with Gasteiger partial charge in [0.15, 0.2) is 0 Å². The molecule has 19 heavy (non-hydrogen) atoms. The van der Waals surface area contributed by atoms with Crippen molar-refractivity contribution in [2.24, 2.45) is 5.16 Å². The quantitative estimate of drug-likeness (QED) is 0.828. The van der Waals surface area contributed by atoms with Crippen LogP contribution >= 0.6 is 0 Å². The van der Waals surface area contributed by atoms with Crippen LogP contribution in [-0.2, 0) is 9.57 Å². The Bertz CT molecular complexity index is 621. The highest BCUT2D eigenvalue weighted by Crippen LogP contribution is 2.25. The first-order valence-corrected chi connectivity index (χ1v) is 6.56. The van der Waals surface area contributed by atoms with Crippen molar-refractivity contribution >= 4 is 16.5 Å². The van der Waals surface area contributed by atoms with Crippen molar-refractivity contribution in [3.05, 3.63) is 48.0 Å². The zero-order chi connectivity index (χ0) is 13.2. The average Bonchev–Trinajstić information content (AvgIpc) is 2.83. The third-order valence-electron chi connectivity index (χ3n) is 3.39. The molecule has 1 unspecified atom stereocenters. The molecule has 0 saturated heterocycles. The highest BCUT2D eigenvalue weighted by molar-refractivity contribution is 5.83. The van der Waals surface area contributed by atoms with Gasteiger partial charge in [-0.05, 0) is 36.2 Å². The van der Waals surface area contributed by atoms with E-state index in [1.807, 2.05) is 13.8 Å². The van der Waals surface area contributed by atoms with E-state index in [0.29, 0.717) is 0 Å². The number of benzene rings is 2. The van der Waals surface area contributed by atoms with Gasteiger partial charge in [0.1, 0.15) is 0 Å². The predicted molar refractivity (Wildman–Crippen MR) is 76.0 cm³/mol. The Hall–Kier alpha value is -1.87. The maximum Gasteiger partial charge on any atom is 0.232 e. The van der Waals surface area contributed by atoms with Gasteiger partial charge in [0, 0.05) is 0 Å². The van der Waals surface area contributed by atoms with Crippen LogP contribution in [0.4, 0.5) is 0 Å². The molecule has 2 aromatic rings. The molecule has 0 bridgehead atoms. The van der Waals surface area contributed by atoms with Crippen LogP contribution < -0.4 is 0 Å². The fourth-order valence-electron chi connectivity index (χ4n) is 2.30. The molecule has 3 rings (SSSR count). The van der Waals surface area contributed by atoms with E-state index in [0.717, 1.165) is 17.7 Å². The molecule has 3 heteroatoms. The third-order valence-corrected chi connectivity index (χ3v) is 3.39. The van der Waals surface area contributed by atoms with Gasteiger partial charge in [0.05, 0.1) is 18.2 Å². The first-order valence-electron chi connectivity index (χ1n) is 6.56. The van der Waals surface area contributed by atoms with Gasteiger partial charge >= 0.3 is 0 Å². The van der Waals surface area contributed by atoms with E-state index in [1.165, 1.54) is 10.8 Å². The monoisotopic (exact) mass is 255 g/mol. The van der Waals surface area contributed by atoms with Crippen LogP contribution in [0.2, 0.25) is 0 Å². The maximum absolute atomic E-state index is 5.88. The van der Waals surface area contributed by atoms with Crippen LogP contribution in [0.5, 0.6) is 0 Å².